The lowest BCUT2D eigenvalue weighted by Gasteiger charge is -2.13. The molecule has 2 aromatic carbocycles. The molecule has 0 radical (unpaired) electrons. The molecule has 2 rings (SSSR count). The number of carboxylic acid groups (broad SMARTS) is 1. The zero-order chi connectivity index (χ0) is 18.4. The van der Waals surface area contributed by atoms with Crippen molar-refractivity contribution in [2.24, 2.45) is 0 Å². The lowest BCUT2D eigenvalue weighted by Crippen LogP contribution is -2.01. The first kappa shape index (κ1) is 18.4. The Morgan fingerprint density at radius 2 is 1.52 bits per heavy atom. The molecule has 0 bridgehead atoms. The van der Waals surface area contributed by atoms with E-state index in [0.717, 1.165) is 12.0 Å². The molecule has 2 aromatic rings. The Labute approximate surface area is 147 Å². The number of carboxylic acids is 1. The van der Waals surface area contributed by atoms with E-state index in [-0.39, 0.29) is 5.57 Å². The van der Waals surface area contributed by atoms with E-state index in [1.165, 1.54) is 21.3 Å². The first-order valence-electron chi connectivity index (χ1n) is 7.88. The molecule has 25 heavy (non-hydrogen) atoms. The van der Waals surface area contributed by atoms with Gasteiger partial charge in [0.25, 0.3) is 0 Å². The second kappa shape index (κ2) is 8.24. The topological polar surface area (TPSA) is 65.0 Å². The molecule has 0 aromatic heterocycles. The van der Waals surface area contributed by atoms with E-state index >= 15 is 0 Å². The fourth-order valence-electron chi connectivity index (χ4n) is 2.51. The second-order valence-corrected chi connectivity index (χ2v) is 5.36. The van der Waals surface area contributed by atoms with Crippen molar-refractivity contribution in [2.75, 3.05) is 21.3 Å². The third-order valence-corrected chi connectivity index (χ3v) is 3.94. The Kier molecular flexibility index (Phi) is 6.06. The van der Waals surface area contributed by atoms with Gasteiger partial charge >= 0.3 is 5.97 Å². The minimum Gasteiger partial charge on any atom is -0.496 e. The maximum absolute atomic E-state index is 11.8. The Hall–Kier alpha value is -2.95. The molecule has 0 saturated heterocycles. The third kappa shape index (κ3) is 4.12. The Bertz CT molecular complexity index is 775. The fourth-order valence-corrected chi connectivity index (χ4v) is 2.51. The van der Waals surface area contributed by atoms with Crippen LogP contribution in [0.1, 0.15) is 23.6 Å². The number of hydrogen-bond donors (Lipinski definition) is 1. The molecule has 0 amide bonds. The van der Waals surface area contributed by atoms with Gasteiger partial charge in [-0.15, -0.1) is 0 Å². The van der Waals surface area contributed by atoms with Crippen LogP contribution >= 0.6 is 0 Å². The van der Waals surface area contributed by atoms with Crippen LogP contribution in [0.4, 0.5) is 0 Å². The number of methoxy groups -OCH3 is 3. The largest absolute Gasteiger partial charge is 0.496 e. The molecule has 0 spiro atoms. The van der Waals surface area contributed by atoms with Crippen molar-refractivity contribution in [1.82, 2.24) is 0 Å². The first-order chi connectivity index (χ1) is 12.0. The lowest BCUT2D eigenvalue weighted by atomic mass is 10.00. The van der Waals surface area contributed by atoms with Crippen LogP contribution in [0.2, 0.25) is 0 Å². The highest BCUT2D eigenvalue weighted by atomic mass is 16.5. The van der Waals surface area contributed by atoms with Crippen molar-refractivity contribution in [2.45, 2.75) is 13.3 Å². The highest BCUT2D eigenvalue weighted by molar-refractivity contribution is 6.20. The molecule has 0 aliphatic rings. The van der Waals surface area contributed by atoms with Crippen LogP contribution in [0, 0.1) is 0 Å². The second-order valence-electron chi connectivity index (χ2n) is 5.36. The number of benzene rings is 2. The minimum atomic E-state index is -1.01. The number of ether oxygens (including phenoxy) is 3. The molecule has 0 saturated carbocycles. The van der Waals surface area contributed by atoms with Crippen molar-refractivity contribution in [3.8, 4) is 17.2 Å². The molecule has 0 unspecified atom stereocenters. The SMILES string of the molecule is CCc1ccc(/C(=C/c2cc(OC)c(OC)cc2OC)C(=O)O)cc1. The molecule has 0 aliphatic heterocycles. The van der Waals surface area contributed by atoms with E-state index in [0.29, 0.717) is 28.4 Å². The maximum Gasteiger partial charge on any atom is 0.336 e. The summed E-state index contributed by atoms with van der Waals surface area (Å²) in [5.41, 5.74) is 2.55. The zero-order valence-electron chi connectivity index (χ0n) is 14.8. The van der Waals surface area contributed by atoms with Gasteiger partial charge < -0.3 is 19.3 Å². The smallest absolute Gasteiger partial charge is 0.336 e. The highest BCUT2D eigenvalue weighted by Crippen LogP contribution is 2.36. The monoisotopic (exact) mass is 342 g/mol. The van der Waals surface area contributed by atoms with Crippen molar-refractivity contribution in [3.63, 3.8) is 0 Å². The fraction of sp³-hybridized carbons (Fsp3) is 0.250. The van der Waals surface area contributed by atoms with Gasteiger partial charge in [0.05, 0.1) is 26.9 Å². The average Bonchev–Trinajstić information content (AvgIpc) is 2.65. The summed E-state index contributed by atoms with van der Waals surface area (Å²) in [7, 11) is 4.58. The molecule has 0 aliphatic carbocycles. The molecule has 5 nitrogen and oxygen atoms in total. The van der Waals surface area contributed by atoms with Crippen LogP contribution in [0.3, 0.4) is 0 Å². The maximum atomic E-state index is 11.8. The van der Waals surface area contributed by atoms with Crippen LogP contribution in [-0.4, -0.2) is 32.4 Å². The van der Waals surface area contributed by atoms with Gasteiger partial charge in [0.15, 0.2) is 11.5 Å². The molecule has 0 atom stereocenters. The summed E-state index contributed by atoms with van der Waals surface area (Å²) < 4.78 is 15.9. The molecule has 1 N–H and O–H groups in total. The Balaban J connectivity index is 2.57. The zero-order valence-corrected chi connectivity index (χ0v) is 14.8. The standard InChI is InChI=1S/C20H22O5/c1-5-13-6-8-14(9-7-13)16(20(21)22)10-15-11-18(24-3)19(25-4)12-17(15)23-2/h6-12H,5H2,1-4H3,(H,21,22)/b16-10-. The summed E-state index contributed by atoms with van der Waals surface area (Å²) in [5.74, 6) is 0.504. The number of hydrogen-bond acceptors (Lipinski definition) is 4. The summed E-state index contributed by atoms with van der Waals surface area (Å²) in [6.45, 7) is 2.05. The van der Waals surface area contributed by atoms with Gasteiger partial charge in [-0.25, -0.2) is 4.79 Å². The summed E-state index contributed by atoms with van der Waals surface area (Å²) in [4.78, 5) is 11.8. The van der Waals surface area contributed by atoms with E-state index in [1.54, 1.807) is 18.2 Å². The predicted molar refractivity (Wildman–Crippen MR) is 97.4 cm³/mol. The van der Waals surface area contributed by atoms with E-state index < -0.39 is 5.97 Å². The summed E-state index contributed by atoms with van der Waals surface area (Å²) in [5, 5.41) is 9.64. The lowest BCUT2D eigenvalue weighted by molar-refractivity contribution is -0.130. The van der Waals surface area contributed by atoms with Crippen molar-refractivity contribution in [3.05, 3.63) is 53.1 Å². The molecule has 132 valence electrons. The normalized spacial score (nSPS) is 11.1. The van der Waals surface area contributed by atoms with Gasteiger partial charge in [0.2, 0.25) is 0 Å². The highest BCUT2D eigenvalue weighted by Gasteiger charge is 2.15. The number of aryl methyl sites for hydroxylation is 1. The molecule has 0 fully saturated rings. The number of rotatable bonds is 7. The van der Waals surface area contributed by atoms with Gasteiger partial charge in [0, 0.05) is 11.6 Å². The van der Waals surface area contributed by atoms with E-state index in [4.69, 9.17) is 14.2 Å². The molecule has 0 heterocycles. The van der Waals surface area contributed by atoms with Crippen LogP contribution in [0.5, 0.6) is 17.2 Å². The van der Waals surface area contributed by atoms with Gasteiger partial charge in [0.1, 0.15) is 5.75 Å². The quantitative estimate of drug-likeness (QED) is 0.611. The van der Waals surface area contributed by atoms with E-state index in [1.807, 2.05) is 24.3 Å². The Morgan fingerprint density at radius 1 is 0.960 bits per heavy atom. The summed E-state index contributed by atoms with van der Waals surface area (Å²) >= 11 is 0. The number of aliphatic carboxylic acids is 1. The van der Waals surface area contributed by atoms with Crippen molar-refractivity contribution < 1.29 is 24.1 Å². The molecule has 5 heteroatoms. The van der Waals surface area contributed by atoms with Gasteiger partial charge in [-0.3, -0.25) is 0 Å². The minimum absolute atomic E-state index is 0.174. The van der Waals surface area contributed by atoms with Crippen molar-refractivity contribution >= 4 is 17.6 Å². The summed E-state index contributed by atoms with van der Waals surface area (Å²) in [6, 6.07) is 10.8. The molecular weight excluding hydrogens is 320 g/mol. The summed E-state index contributed by atoms with van der Waals surface area (Å²) in [6.07, 6.45) is 2.47. The van der Waals surface area contributed by atoms with Crippen LogP contribution in [0.25, 0.3) is 11.6 Å². The van der Waals surface area contributed by atoms with Gasteiger partial charge in [-0.1, -0.05) is 31.2 Å². The first-order valence-corrected chi connectivity index (χ1v) is 7.88. The van der Waals surface area contributed by atoms with Gasteiger partial charge in [-0.2, -0.15) is 0 Å². The van der Waals surface area contributed by atoms with Crippen LogP contribution in [-0.2, 0) is 11.2 Å². The predicted octanol–water partition coefficient (Wildman–Crippen LogP) is 3.90. The van der Waals surface area contributed by atoms with Gasteiger partial charge in [-0.05, 0) is 29.7 Å². The van der Waals surface area contributed by atoms with E-state index in [2.05, 4.69) is 6.92 Å². The Morgan fingerprint density at radius 3 is 2.00 bits per heavy atom. The third-order valence-electron chi connectivity index (χ3n) is 3.94. The van der Waals surface area contributed by atoms with E-state index in [9.17, 15) is 9.90 Å². The van der Waals surface area contributed by atoms with Crippen LogP contribution in [0.15, 0.2) is 36.4 Å². The average molecular weight is 342 g/mol. The van der Waals surface area contributed by atoms with Crippen LogP contribution < -0.4 is 14.2 Å². The number of carbonyl (C=O) groups is 1. The van der Waals surface area contributed by atoms with Crippen molar-refractivity contribution in [1.29, 1.82) is 0 Å². The molecular formula is C20H22O5.